The summed E-state index contributed by atoms with van der Waals surface area (Å²) in [5.41, 5.74) is 0.414. The average Bonchev–Trinajstić information content (AvgIpc) is 3.23. The third-order valence-electron chi connectivity index (χ3n) is 4.18. The zero-order valence-corrected chi connectivity index (χ0v) is 10.9. The molecule has 18 heavy (non-hydrogen) atoms. The van der Waals surface area contributed by atoms with Gasteiger partial charge in [-0.15, -0.1) is 0 Å². The van der Waals surface area contributed by atoms with Crippen molar-refractivity contribution in [2.45, 2.75) is 38.2 Å². The van der Waals surface area contributed by atoms with Crippen LogP contribution in [-0.4, -0.2) is 18.5 Å². The number of rotatable bonds is 3. The molecule has 96 valence electrons. The first-order valence-electron chi connectivity index (χ1n) is 6.59. The fourth-order valence-electron chi connectivity index (χ4n) is 2.89. The smallest absolute Gasteiger partial charge is 0.170 e. The highest BCUT2D eigenvalue weighted by atomic mass is 16.5. The van der Waals surface area contributed by atoms with Gasteiger partial charge in [0.05, 0.1) is 19.1 Å². The Balaban J connectivity index is 1.99. The lowest BCUT2D eigenvalue weighted by molar-refractivity contribution is 0.0212. The van der Waals surface area contributed by atoms with Crippen LogP contribution in [-0.2, 0) is 0 Å². The van der Waals surface area contributed by atoms with Crippen LogP contribution in [0.1, 0.15) is 43.0 Å². The summed E-state index contributed by atoms with van der Waals surface area (Å²) in [7, 11) is 1.61. The lowest BCUT2D eigenvalue weighted by Crippen LogP contribution is -2.43. The molecule has 3 rings (SSSR count). The highest BCUT2D eigenvalue weighted by molar-refractivity contribution is 6.00. The second-order valence-corrected chi connectivity index (χ2v) is 5.26. The fourth-order valence-corrected chi connectivity index (χ4v) is 2.89. The molecule has 1 aliphatic carbocycles. The van der Waals surface area contributed by atoms with Crippen molar-refractivity contribution < 1.29 is 14.3 Å². The predicted octanol–water partition coefficient (Wildman–Crippen LogP) is 3.22. The second-order valence-electron chi connectivity index (χ2n) is 5.26. The molecule has 1 aliphatic heterocycles. The molecule has 1 atom stereocenters. The predicted molar refractivity (Wildman–Crippen MR) is 68.3 cm³/mol. The van der Waals surface area contributed by atoms with Gasteiger partial charge in [0.25, 0.3) is 0 Å². The Bertz CT molecular complexity index is 491. The SMILES string of the molecule is CCC1(C2CC2)CC(=O)c2cc(OC)ccc2O1. The van der Waals surface area contributed by atoms with Gasteiger partial charge in [0, 0.05) is 0 Å². The monoisotopic (exact) mass is 246 g/mol. The minimum atomic E-state index is -0.251. The van der Waals surface area contributed by atoms with Crippen LogP contribution < -0.4 is 9.47 Å². The van der Waals surface area contributed by atoms with Crippen molar-refractivity contribution in [1.82, 2.24) is 0 Å². The van der Waals surface area contributed by atoms with Gasteiger partial charge in [-0.2, -0.15) is 0 Å². The Hall–Kier alpha value is -1.51. The maximum Gasteiger partial charge on any atom is 0.170 e. The lowest BCUT2D eigenvalue weighted by Gasteiger charge is -2.37. The molecule has 1 aromatic carbocycles. The summed E-state index contributed by atoms with van der Waals surface area (Å²) in [6.07, 6.45) is 3.78. The van der Waals surface area contributed by atoms with Crippen LogP contribution in [0.3, 0.4) is 0 Å². The molecule has 0 radical (unpaired) electrons. The average molecular weight is 246 g/mol. The normalized spacial score (nSPS) is 26.4. The van der Waals surface area contributed by atoms with Gasteiger partial charge >= 0.3 is 0 Å². The summed E-state index contributed by atoms with van der Waals surface area (Å²) in [4.78, 5) is 12.3. The summed E-state index contributed by atoms with van der Waals surface area (Å²) in [5.74, 6) is 2.17. The number of ketones is 1. The number of hydrogen-bond acceptors (Lipinski definition) is 3. The maximum atomic E-state index is 12.3. The summed E-state index contributed by atoms with van der Waals surface area (Å²) >= 11 is 0. The van der Waals surface area contributed by atoms with E-state index in [0.29, 0.717) is 23.7 Å². The number of ether oxygens (including phenoxy) is 2. The third-order valence-corrected chi connectivity index (χ3v) is 4.18. The van der Waals surface area contributed by atoms with E-state index in [1.807, 2.05) is 12.1 Å². The summed E-state index contributed by atoms with van der Waals surface area (Å²) in [6.45, 7) is 2.11. The van der Waals surface area contributed by atoms with E-state index in [-0.39, 0.29) is 11.4 Å². The van der Waals surface area contributed by atoms with Crippen molar-refractivity contribution in [1.29, 1.82) is 0 Å². The van der Waals surface area contributed by atoms with Crippen LogP contribution in [0.4, 0.5) is 0 Å². The van der Waals surface area contributed by atoms with E-state index in [2.05, 4.69) is 6.92 Å². The molecule has 2 aliphatic rings. The van der Waals surface area contributed by atoms with E-state index in [0.717, 1.165) is 12.2 Å². The molecule has 3 heteroatoms. The fraction of sp³-hybridized carbons (Fsp3) is 0.533. The van der Waals surface area contributed by atoms with E-state index in [4.69, 9.17) is 9.47 Å². The summed E-state index contributed by atoms with van der Waals surface area (Å²) < 4.78 is 11.3. The van der Waals surface area contributed by atoms with Gasteiger partial charge in [0.2, 0.25) is 0 Å². The molecular weight excluding hydrogens is 228 g/mol. The Labute approximate surface area is 107 Å². The largest absolute Gasteiger partial charge is 0.497 e. The molecule has 0 spiro atoms. The number of carbonyl (C=O) groups excluding carboxylic acids is 1. The number of benzene rings is 1. The van der Waals surface area contributed by atoms with Crippen LogP contribution in [0.5, 0.6) is 11.5 Å². The standard InChI is InChI=1S/C15H18O3/c1-3-15(10-4-5-10)9-13(16)12-8-11(17-2)6-7-14(12)18-15/h6-8,10H,3-5,9H2,1-2H3. The number of Topliss-reactive ketones (excluding diaryl/α,β-unsaturated/α-hetero) is 1. The molecule has 0 saturated heterocycles. The van der Waals surface area contributed by atoms with Gasteiger partial charge in [0.15, 0.2) is 5.78 Å². The van der Waals surface area contributed by atoms with Crippen LogP contribution in [0.2, 0.25) is 0 Å². The van der Waals surface area contributed by atoms with E-state index >= 15 is 0 Å². The zero-order valence-electron chi connectivity index (χ0n) is 10.9. The van der Waals surface area contributed by atoms with Gasteiger partial charge in [0.1, 0.15) is 17.1 Å². The molecule has 0 aromatic heterocycles. The molecule has 0 amide bonds. The number of hydrogen-bond donors (Lipinski definition) is 0. The van der Waals surface area contributed by atoms with E-state index in [1.165, 1.54) is 12.8 Å². The first-order valence-corrected chi connectivity index (χ1v) is 6.59. The van der Waals surface area contributed by atoms with Gasteiger partial charge < -0.3 is 9.47 Å². The first kappa shape index (κ1) is 11.6. The maximum absolute atomic E-state index is 12.3. The third kappa shape index (κ3) is 1.69. The van der Waals surface area contributed by atoms with Crippen molar-refractivity contribution >= 4 is 5.78 Å². The van der Waals surface area contributed by atoms with E-state index in [1.54, 1.807) is 13.2 Å². The minimum Gasteiger partial charge on any atom is -0.497 e. The molecule has 1 heterocycles. The van der Waals surface area contributed by atoms with Crippen molar-refractivity contribution in [3.05, 3.63) is 23.8 Å². The molecule has 1 fully saturated rings. The second kappa shape index (κ2) is 4.01. The summed E-state index contributed by atoms with van der Waals surface area (Å²) in [5, 5.41) is 0. The number of methoxy groups -OCH3 is 1. The highest BCUT2D eigenvalue weighted by Crippen LogP contribution is 2.49. The topological polar surface area (TPSA) is 35.5 Å². The van der Waals surface area contributed by atoms with E-state index in [9.17, 15) is 4.79 Å². The van der Waals surface area contributed by atoms with Crippen molar-refractivity contribution in [3.8, 4) is 11.5 Å². The lowest BCUT2D eigenvalue weighted by atomic mass is 9.84. The quantitative estimate of drug-likeness (QED) is 0.821. The molecule has 0 N–H and O–H groups in total. The highest BCUT2D eigenvalue weighted by Gasteiger charge is 2.50. The first-order chi connectivity index (χ1) is 8.68. The number of fused-ring (bicyclic) bond motifs is 1. The van der Waals surface area contributed by atoms with Crippen molar-refractivity contribution in [3.63, 3.8) is 0 Å². The Morgan fingerprint density at radius 2 is 2.22 bits per heavy atom. The number of carbonyl (C=O) groups is 1. The minimum absolute atomic E-state index is 0.184. The van der Waals surface area contributed by atoms with E-state index < -0.39 is 0 Å². The van der Waals surface area contributed by atoms with Gasteiger partial charge in [-0.05, 0) is 43.4 Å². The van der Waals surface area contributed by atoms with Crippen LogP contribution in [0.25, 0.3) is 0 Å². The molecular formula is C15H18O3. The van der Waals surface area contributed by atoms with Crippen LogP contribution in [0.15, 0.2) is 18.2 Å². The molecule has 1 saturated carbocycles. The molecule has 3 nitrogen and oxygen atoms in total. The van der Waals surface area contributed by atoms with Crippen molar-refractivity contribution in [2.24, 2.45) is 5.92 Å². The molecule has 1 aromatic rings. The van der Waals surface area contributed by atoms with Gasteiger partial charge in [-0.3, -0.25) is 4.79 Å². The molecule has 1 unspecified atom stereocenters. The van der Waals surface area contributed by atoms with Gasteiger partial charge in [-0.25, -0.2) is 0 Å². The van der Waals surface area contributed by atoms with Crippen LogP contribution >= 0.6 is 0 Å². The Kier molecular flexibility index (Phi) is 2.58. The zero-order chi connectivity index (χ0) is 12.8. The summed E-state index contributed by atoms with van der Waals surface area (Å²) in [6, 6.07) is 5.49. The Morgan fingerprint density at radius 3 is 2.83 bits per heavy atom. The Morgan fingerprint density at radius 1 is 1.44 bits per heavy atom. The van der Waals surface area contributed by atoms with Crippen LogP contribution in [0, 0.1) is 5.92 Å². The van der Waals surface area contributed by atoms with Gasteiger partial charge in [-0.1, -0.05) is 6.92 Å². The molecule has 0 bridgehead atoms. The van der Waals surface area contributed by atoms with Crippen molar-refractivity contribution in [2.75, 3.05) is 7.11 Å².